The highest BCUT2D eigenvalue weighted by Gasteiger charge is 2.32. The minimum atomic E-state index is -2.86. The van der Waals surface area contributed by atoms with Gasteiger partial charge in [-0.3, -0.25) is 4.90 Å². The quantitative estimate of drug-likeness (QED) is 0.753. The number of hydrogen-bond donors (Lipinski definition) is 0. The van der Waals surface area contributed by atoms with Crippen LogP contribution in [0.5, 0.6) is 0 Å². The van der Waals surface area contributed by atoms with E-state index < -0.39 is 9.84 Å². The van der Waals surface area contributed by atoms with Gasteiger partial charge in [0.2, 0.25) is 0 Å². The smallest absolute Gasteiger partial charge is 0.198 e. The van der Waals surface area contributed by atoms with E-state index >= 15 is 0 Å². The van der Waals surface area contributed by atoms with Crippen LogP contribution in [0.4, 0.5) is 0 Å². The van der Waals surface area contributed by atoms with Gasteiger partial charge in [0.1, 0.15) is 6.33 Å². The number of hydrogen-bond acceptors (Lipinski definition) is 5. The van der Waals surface area contributed by atoms with E-state index in [1.807, 2.05) is 7.05 Å². The van der Waals surface area contributed by atoms with Crippen LogP contribution in [0, 0.1) is 4.77 Å². The van der Waals surface area contributed by atoms with E-state index in [-0.39, 0.29) is 11.8 Å². The summed E-state index contributed by atoms with van der Waals surface area (Å²) in [5.41, 5.74) is 0. The lowest BCUT2D eigenvalue weighted by molar-refractivity contribution is 0.155. The van der Waals surface area contributed by atoms with Gasteiger partial charge in [-0.05, 0) is 31.6 Å². The summed E-state index contributed by atoms with van der Waals surface area (Å²) in [5.74, 6) is 0.554. The highest BCUT2D eigenvalue weighted by Crippen LogP contribution is 2.18. The lowest BCUT2D eigenvalue weighted by Crippen LogP contribution is -2.38. The van der Waals surface area contributed by atoms with Crippen molar-refractivity contribution in [3.63, 3.8) is 0 Å². The largest absolute Gasteiger partial charge is 0.310 e. The van der Waals surface area contributed by atoms with Crippen molar-refractivity contribution < 1.29 is 8.42 Å². The van der Waals surface area contributed by atoms with E-state index in [0.29, 0.717) is 23.6 Å². The molecular formula is C11H20N4O2S2. The summed E-state index contributed by atoms with van der Waals surface area (Å²) in [4.78, 5) is 2.17. The summed E-state index contributed by atoms with van der Waals surface area (Å²) in [5, 5.41) is 4.23. The first-order valence-electron chi connectivity index (χ1n) is 6.46. The molecular weight excluding hydrogens is 284 g/mol. The second kappa shape index (κ2) is 5.72. The third kappa shape index (κ3) is 3.43. The molecule has 0 N–H and O–H groups in total. The second-order valence-corrected chi connectivity index (χ2v) is 7.63. The van der Waals surface area contributed by atoms with Crippen LogP contribution in [0.1, 0.15) is 19.8 Å². The first kappa shape index (κ1) is 14.7. The molecule has 1 aliphatic heterocycles. The Morgan fingerprint density at radius 2 is 2.32 bits per heavy atom. The average molecular weight is 304 g/mol. The lowest BCUT2D eigenvalue weighted by atomic mass is 10.2. The molecule has 1 fully saturated rings. The SMILES string of the molecule is CCCN(Cn1ncn(C)c1=S)C1CCS(=O)(=O)C1. The summed E-state index contributed by atoms with van der Waals surface area (Å²) in [6.45, 7) is 3.51. The van der Waals surface area contributed by atoms with Crippen LogP contribution in [0.15, 0.2) is 6.33 Å². The molecule has 1 aromatic heterocycles. The molecule has 1 saturated heterocycles. The van der Waals surface area contributed by atoms with Crippen LogP contribution in [0.3, 0.4) is 0 Å². The summed E-state index contributed by atoms with van der Waals surface area (Å²) in [6, 6.07) is 0.0915. The van der Waals surface area contributed by atoms with Gasteiger partial charge in [-0.25, -0.2) is 13.1 Å². The molecule has 2 heterocycles. The molecule has 8 heteroatoms. The Morgan fingerprint density at radius 1 is 1.58 bits per heavy atom. The molecule has 1 atom stereocenters. The average Bonchev–Trinajstić information content (AvgIpc) is 2.85. The van der Waals surface area contributed by atoms with Crippen LogP contribution in [-0.2, 0) is 23.6 Å². The minimum absolute atomic E-state index is 0.0915. The van der Waals surface area contributed by atoms with E-state index in [0.717, 1.165) is 13.0 Å². The molecule has 108 valence electrons. The molecule has 2 rings (SSSR count). The standard InChI is InChI=1S/C11H20N4O2S2/c1-3-5-14(10-4-6-19(16,17)7-10)9-15-11(18)13(2)8-12-15/h8,10H,3-7,9H2,1-2H3. The van der Waals surface area contributed by atoms with Crippen molar-refractivity contribution in [2.45, 2.75) is 32.5 Å². The zero-order valence-corrected chi connectivity index (χ0v) is 13.0. The monoisotopic (exact) mass is 304 g/mol. The zero-order valence-electron chi connectivity index (χ0n) is 11.3. The summed E-state index contributed by atoms with van der Waals surface area (Å²) >= 11 is 5.27. The van der Waals surface area contributed by atoms with Gasteiger partial charge in [0.05, 0.1) is 18.2 Å². The number of rotatable bonds is 5. The summed E-state index contributed by atoms with van der Waals surface area (Å²) < 4.78 is 27.4. The van der Waals surface area contributed by atoms with E-state index in [4.69, 9.17) is 12.2 Å². The van der Waals surface area contributed by atoms with Gasteiger partial charge in [0, 0.05) is 13.1 Å². The predicted molar refractivity (Wildman–Crippen MR) is 76.1 cm³/mol. The molecule has 0 bridgehead atoms. The van der Waals surface area contributed by atoms with E-state index in [1.165, 1.54) is 0 Å². The Kier molecular flexibility index (Phi) is 4.42. The van der Waals surface area contributed by atoms with Crippen molar-refractivity contribution in [1.82, 2.24) is 19.2 Å². The molecule has 0 saturated carbocycles. The lowest BCUT2D eigenvalue weighted by Gasteiger charge is -2.27. The molecule has 19 heavy (non-hydrogen) atoms. The fraction of sp³-hybridized carbons (Fsp3) is 0.818. The Hall–Kier alpha value is -0.730. The van der Waals surface area contributed by atoms with Crippen molar-refractivity contribution in [1.29, 1.82) is 0 Å². The van der Waals surface area contributed by atoms with Gasteiger partial charge in [0.15, 0.2) is 14.6 Å². The van der Waals surface area contributed by atoms with Gasteiger partial charge in [-0.15, -0.1) is 0 Å². The normalized spacial score (nSPS) is 22.2. The zero-order chi connectivity index (χ0) is 14.0. The molecule has 0 aromatic carbocycles. The first-order valence-corrected chi connectivity index (χ1v) is 8.69. The maximum Gasteiger partial charge on any atom is 0.198 e. The Balaban J connectivity index is 2.13. The van der Waals surface area contributed by atoms with Crippen LogP contribution < -0.4 is 0 Å². The van der Waals surface area contributed by atoms with E-state index in [1.54, 1.807) is 15.6 Å². The van der Waals surface area contributed by atoms with Crippen LogP contribution >= 0.6 is 12.2 Å². The molecule has 0 amide bonds. The summed E-state index contributed by atoms with van der Waals surface area (Å²) in [6.07, 6.45) is 3.37. The van der Waals surface area contributed by atoms with Gasteiger partial charge >= 0.3 is 0 Å². The maximum absolute atomic E-state index is 11.6. The highest BCUT2D eigenvalue weighted by molar-refractivity contribution is 7.91. The predicted octanol–water partition coefficient (Wildman–Crippen LogP) is 0.808. The molecule has 0 spiro atoms. The van der Waals surface area contributed by atoms with Crippen molar-refractivity contribution in [2.75, 3.05) is 18.1 Å². The minimum Gasteiger partial charge on any atom is -0.310 e. The first-order chi connectivity index (χ1) is 8.93. The maximum atomic E-state index is 11.6. The number of nitrogens with zero attached hydrogens (tertiary/aromatic N) is 4. The molecule has 6 nitrogen and oxygen atoms in total. The number of aryl methyl sites for hydroxylation is 1. The van der Waals surface area contributed by atoms with Crippen LogP contribution in [0.25, 0.3) is 0 Å². The van der Waals surface area contributed by atoms with Gasteiger partial charge < -0.3 is 4.57 Å². The Bertz CT molecular complexity index is 590. The van der Waals surface area contributed by atoms with Crippen molar-refractivity contribution >= 4 is 22.1 Å². The van der Waals surface area contributed by atoms with Gasteiger partial charge in [0.25, 0.3) is 0 Å². The van der Waals surface area contributed by atoms with E-state index in [9.17, 15) is 8.42 Å². The number of aromatic nitrogens is 3. The Labute approximate surface area is 118 Å². The molecule has 1 unspecified atom stereocenters. The van der Waals surface area contributed by atoms with E-state index in [2.05, 4.69) is 16.9 Å². The van der Waals surface area contributed by atoms with Crippen LogP contribution in [0.2, 0.25) is 0 Å². The molecule has 0 aliphatic carbocycles. The van der Waals surface area contributed by atoms with Crippen molar-refractivity contribution in [3.8, 4) is 0 Å². The third-order valence-corrected chi connectivity index (χ3v) is 5.69. The fourth-order valence-electron chi connectivity index (χ4n) is 2.41. The fourth-order valence-corrected chi connectivity index (χ4v) is 4.32. The molecule has 1 aliphatic rings. The molecule has 1 aromatic rings. The number of sulfone groups is 1. The second-order valence-electron chi connectivity index (χ2n) is 5.03. The van der Waals surface area contributed by atoms with Crippen molar-refractivity contribution in [3.05, 3.63) is 11.1 Å². The van der Waals surface area contributed by atoms with Crippen molar-refractivity contribution in [2.24, 2.45) is 7.05 Å². The topological polar surface area (TPSA) is 60.1 Å². The van der Waals surface area contributed by atoms with Gasteiger partial charge in [-0.1, -0.05) is 6.92 Å². The molecule has 0 radical (unpaired) electrons. The van der Waals surface area contributed by atoms with Gasteiger partial charge in [-0.2, -0.15) is 5.10 Å². The van der Waals surface area contributed by atoms with Crippen LogP contribution in [-0.4, -0.2) is 51.8 Å². The summed E-state index contributed by atoms with van der Waals surface area (Å²) in [7, 11) is -1.00. The third-order valence-electron chi connectivity index (χ3n) is 3.44. The Morgan fingerprint density at radius 3 is 2.79 bits per heavy atom. The highest BCUT2D eigenvalue weighted by atomic mass is 32.2.